The number of aromatic nitrogens is 3. The van der Waals surface area contributed by atoms with E-state index in [-0.39, 0.29) is 0 Å². The fourth-order valence-corrected chi connectivity index (χ4v) is 8.31. The molecule has 3 heteroatoms. The van der Waals surface area contributed by atoms with Gasteiger partial charge in [-0.1, -0.05) is 115 Å². The van der Waals surface area contributed by atoms with Crippen LogP contribution in [0.15, 0.2) is 169 Å². The molecule has 222 valence electrons. The van der Waals surface area contributed by atoms with Crippen molar-refractivity contribution in [3.05, 3.63) is 186 Å². The lowest BCUT2D eigenvalue weighted by Crippen LogP contribution is -2.36. The SMILES string of the molecule is C1=CC(C2(c3ccccc3)c3cc(-c4nc5ccccc5n4-c4ccccc4)ccc3-n3c4ccccc4c4cccc2c43)=CCC1. The van der Waals surface area contributed by atoms with Gasteiger partial charge in [-0.2, -0.15) is 0 Å². The maximum absolute atomic E-state index is 5.29. The predicted octanol–water partition coefficient (Wildman–Crippen LogP) is 10.7. The van der Waals surface area contributed by atoms with Crippen molar-refractivity contribution in [2.45, 2.75) is 18.3 Å². The van der Waals surface area contributed by atoms with E-state index in [1.807, 2.05) is 0 Å². The fourth-order valence-electron chi connectivity index (χ4n) is 8.31. The first-order chi connectivity index (χ1) is 23.3. The van der Waals surface area contributed by atoms with Crippen LogP contribution in [0.1, 0.15) is 29.5 Å². The van der Waals surface area contributed by atoms with E-state index >= 15 is 0 Å². The number of fused-ring (bicyclic) bond motifs is 6. The minimum absolute atomic E-state index is 0.517. The van der Waals surface area contributed by atoms with Gasteiger partial charge in [0.05, 0.1) is 33.2 Å². The van der Waals surface area contributed by atoms with Crippen LogP contribution in [-0.4, -0.2) is 14.1 Å². The lowest BCUT2D eigenvalue weighted by Gasteiger charge is -2.43. The van der Waals surface area contributed by atoms with Gasteiger partial charge < -0.3 is 4.57 Å². The van der Waals surface area contributed by atoms with Crippen LogP contribution in [0.4, 0.5) is 0 Å². The first-order valence-corrected chi connectivity index (χ1v) is 16.5. The first-order valence-electron chi connectivity index (χ1n) is 16.5. The molecule has 0 N–H and O–H groups in total. The number of para-hydroxylation sites is 5. The first kappa shape index (κ1) is 26.3. The normalized spacial score (nSPS) is 16.9. The molecular weight excluding hydrogens is 571 g/mol. The summed E-state index contributed by atoms with van der Waals surface area (Å²) in [6, 6.07) is 53.0. The molecule has 0 radical (unpaired) electrons. The van der Waals surface area contributed by atoms with Crippen molar-refractivity contribution >= 4 is 32.8 Å². The fraction of sp³-hybridized carbons (Fsp3) is 0.0682. The van der Waals surface area contributed by atoms with Crippen molar-refractivity contribution in [3.63, 3.8) is 0 Å². The van der Waals surface area contributed by atoms with Crippen molar-refractivity contribution in [2.75, 3.05) is 0 Å². The summed E-state index contributed by atoms with van der Waals surface area (Å²) in [4.78, 5) is 5.29. The summed E-state index contributed by atoms with van der Waals surface area (Å²) in [7, 11) is 0. The van der Waals surface area contributed by atoms with Crippen molar-refractivity contribution in [1.29, 1.82) is 0 Å². The molecule has 0 saturated heterocycles. The minimum atomic E-state index is -0.517. The summed E-state index contributed by atoms with van der Waals surface area (Å²) < 4.78 is 4.81. The molecule has 1 aliphatic carbocycles. The number of hydrogen-bond acceptors (Lipinski definition) is 1. The minimum Gasteiger partial charge on any atom is -0.309 e. The summed E-state index contributed by atoms with van der Waals surface area (Å²) in [5.74, 6) is 0.941. The highest BCUT2D eigenvalue weighted by atomic mass is 15.1. The van der Waals surface area contributed by atoms with E-state index < -0.39 is 5.41 Å². The number of allylic oxidation sites excluding steroid dienone is 4. The zero-order valence-electron chi connectivity index (χ0n) is 25.8. The van der Waals surface area contributed by atoms with E-state index in [1.54, 1.807) is 0 Å². The number of imidazole rings is 1. The Morgan fingerprint density at radius 2 is 1.32 bits per heavy atom. The summed E-state index contributed by atoms with van der Waals surface area (Å²) >= 11 is 0. The maximum Gasteiger partial charge on any atom is 0.145 e. The Morgan fingerprint density at radius 3 is 2.15 bits per heavy atom. The van der Waals surface area contributed by atoms with Gasteiger partial charge in [0.1, 0.15) is 5.82 Å². The molecule has 0 fully saturated rings. The van der Waals surface area contributed by atoms with Crippen LogP contribution in [0.3, 0.4) is 0 Å². The molecule has 6 aromatic carbocycles. The smallest absolute Gasteiger partial charge is 0.145 e. The Bertz CT molecular complexity index is 2560. The van der Waals surface area contributed by atoms with E-state index in [0.717, 1.165) is 41.0 Å². The zero-order valence-corrected chi connectivity index (χ0v) is 25.8. The highest BCUT2D eigenvalue weighted by Gasteiger charge is 2.46. The molecule has 47 heavy (non-hydrogen) atoms. The lowest BCUT2D eigenvalue weighted by molar-refractivity contribution is 0.715. The third kappa shape index (κ3) is 3.60. The van der Waals surface area contributed by atoms with Gasteiger partial charge in [0.15, 0.2) is 0 Å². The second kappa shape index (κ2) is 10.0. The molecule has 0 amide bonds. The van der Waals surface area contributed by atoms with Gasteiger partial charge in [0.2, 0.25) is 0 Å². The summed E-state index contributed by atoms with van der Waals surface area (Å²) in [5, 5.41) is 2.57. The van der Waals surface area contributed by atoms with Crippen LogP contribution in [0, 0.1) is 0 Å². The van der Waals surface area contributed by atoms with E-state index in [9.17, 15) is 0 Å². The average Bonchev–Trinajstić information content (AvgIpc) is 3.70. The van der Waals surface area contributed by atoms with E-state index in [4.69, 9.17) is 4.98 Å². The van der Waals surface area contributed by atoms with Crippen LogP contribution in [0.25, 0.3) is 55.6 Å². The van der Waals surface area contributed by atoms with E-state index in [1.165, 1.54) is 49.8 Å². The molecule has 1 unspecified atom stereocenters. The molecule has 10 rings (SSSR count). The van der Waals surface area contributed by atoms with Crippen LogP contribution >= 0.6 is 0 Å². The number of rotatable bonds is 4. The van der Waals surface area contributed by atoms with Gasteiger partial charge in [-0.3, -0.25) is 4.57 Å². The van der Waals surface area contributed by atoms with E-state index in [2.05, 4.69) is 173 Å². The van der Waals surface area contributed by atoms with Crippen LogP contribution in [0.2, 0.25) is 0 Å². The molecule has 2 aromatic heterocycles. The van der Waals surface area contributed by atoms with Crippen LogP contribution < -0.4 is 0 Å². The third-order valence-corrected chi connectivity index (χ3v) is 10.2. The van der Waals surface area contributed by atoms with Gasteiger partial charge in [0.25, 0.3) is 0 Å². The Kier molecular flexibility index (Phi) is 5.62. The van der Waals surface area contributed by atoms with Gasteiger partial charge in [0, 0.05) is 22.0 Å². The Morgan fingerprint density at radius 1 is 0.574 bits per heavy atom. The summed E-state index contributed by atoms with van der Waals surface area (Å²) in [6.45, 7) is 0. The summed E-state index contributed by atoms with van der Waals surface area (Å²) in [5.41, 5.74) is 12.7. The van der Waals surface area contributed by atoms with Gasteiger partial charge in [-0.05, 0) is 83.6 Å². The predicted molar refractivity (Wildman–Crippen MR) is 194 cm³/mol. The van der Waals surface area contributed by atoms with Crippen LogP contribution in [0.5, 0.6) is 0 Å². The maximum atomic E-state index is 5.29. The molecule has 2 aliphatic rings. The zero-order chi connectivity index (χ0) is 31.0. The van der Waals surface area contributed by atoms with Crippen molar-refractivity contribution in [2.24, 2.45) is 0 Å². The second-order valence-electron chi connectivity index (χ2n) is 12.6. The van der Waals surface area contributed by atoms with Crippen molar-refractivity contribution in [3.8, 4) is 22.8 Å². The van der Waals surface area contributed by atoms with Crippen LogP contribution in [-0.2, 0) is 5.41 Å². The third-order valence-electron chi connectivity index (χ3n) is 10.2. The Hall–Kier alpha value is -5.93. The highest BCUT2D eigenvalue weighted by Crippen LogP contribution is 2.55. The highest BCUT2D eigenvalue weighted by molar-refractivity contribution is 6.12. The molecule has 0 saturated carbocycles. The van der Waals surface area contributed by atoms with Gasteiger partial charge >= 0.3 is 0 Å². The standard InChI is InChI=1S/C44H31N3/c1-4-15-31(16-5-1)44(32-17-6-2-7-18-32)36-23-14-22-35-34-21-10-12-25-39(34)47(42(35)36)40-28-27-30(29-37(40)44)43-45-38-24-11-13-26-41(38)46(43)33-19-8-3-9-20-33/h1,3-6,8-29H,2,7H2. The topological polar surface area (TPSA) is 22.8 Å². The average molecular weight is 602 g/mol. The number of nitrogens with zero attached hydrogens (tertiary/aromatic N) is 3. The van der Waals surface area contributed by atoms with E-state index in [0.29, 0.717) is 0 Å². The molecule has 8 aromatic rings. The Balaban J connectivity index is 1.38. The van der Waals surface area contributed by atoms with Crippen molar-refractivity contribution < 1.29 is 0 Å². The van der Waals surface area contributed by atoms with Crippen molar-refractivity contribution in [1.82, 2.24) is 14.1 Å². The molecular formula is C44H31N3. The molecule has 0 spiro atoms. The number of benzene rings is 6. The largest absolute Gasteiger partial charge is 0.309 e. The number of hydrogen-bond donors (Lipinski definition) is 0. The molecule has 1 aliphatic heterocycles. The molecule has 3 heterocycles. The monoisotopic (exact) mass is 601 g/mol. The Labute approximate surface area is 273 Å². The molecule has 1 atom stereocenters. The van der Waals surface area contributed by atoms with Gasteiger partial charge in [-0.25, -0.2) is 4.98 Å². The molecule has 0 bridgehead atoms. The lowest BCUT2D eigenvalue weighted by atomic mass is 9.61. The summed E-state index contributed by atoms with van der Waals surface area (Å²) in [6.07, 6.45) is 9.29. The van der Waals surface area contributed by atoms with Gasteiger partial charge in [-0.15, -0.1) is 0 Å². The quantitative estimate of drug-likeness (QED) is 0.197. The second-order valence-corrected chi connectivity index (χ2v) is 12.6. The molecule has 3 nitrogen and oxygen atoms in total.